The number of methoxy groups -OCH3 is 1. The lowest BCUT2D eigenvalue weighted by atomic mass is 10.1. The second-order valence-corrected chi connectivity index (χ2v) is 5.16. The number of rotatable bonds is 10. The summed E-state index contributed by atoms with van der Waals surface area (Å²) >= 11 is 0. The molecule has 0 saturated heterocycles. The van der Waals surface area contributed by atoms with Crippen LogP contribution in [0.15, 0.2) is 48.1 Å². The molecule has 0 unspecified atom stereocenters. The predicted molar refractivity (Wildman–Crippen MR) is 89.2 cm³/mol. The van der Waals surface area contributed by atoms with Crippen LogP contribution >= 0.6 is 0 Å². The molecule has 0 atom stereocenters. The van der Waals surface area contributed by atoms with Gasteiger partial charge in [-0.1, -0.05) is 17.3 Å². The monoisotopic (exact) mass is 331 g/mol. The van der Waals surface area contributed by atoms with Crippen molar-refractivity contribution < 1.29 is 19.5 Å². The van der Waals surface area contributed by atoms with E-state index in [1.165, 1.54) is 0 Å². The van der Waals surface area contributed by atoms with Crippen molar-refractivity contribution in [2.75, 3.05) is 13.7 Å². The van der Waals surface area contributed by atoms with Crippen LogP contribution in [0.4, 0.5) is 0 Å². The van der Waals surface area contributed by atoms with Gasteiger partial charge >= 0.3 is 5.97 Å². The SMILES string of the molecule is COc1ccccc1/C(Cn1ccnc1)=N\OCCCCC(=O)O. The molecular weight excluding hydrogens is 310 g/mol. The van der Waals surface area contributed by atoms with Crippen LogP contribution in [0.5, 0.6) is 5.75 Å². The normalized spacial score (nSPS) is 11.3. The second kappa shape index (κ2) is 9.34. The van der Waals surface area contributed by atoms with E-state index in [9.17, 15) is 4.79 Å². The molecule has 0 spiro atoms. The second-order valence-electron chi connectivity index (χ2n) is 5.16. The largest absolute Gasteiger partial charge is 0.496 e. The number of aromatic nitrogens is 2. The zero-order chi connectivity index (χ0) is 17.2. The highest BCUT2D eigenvalue weighted by molar-refractivity contribution is 6.02. The Balaban J connectivity index is 2.05. The maximum atomic E-state index is 10.5. The lowest BCUT2D eigenvalue weighted by molar-refractivity contribution is -0.137. The molecule has 7 heteroatoms. The number of para-hydroxylation sites is 1. The van der Waals surface area contributed by atoms with Crippen LogP contribution in [0, 0.1) is 0 Å². The Kier molecular flexibility index (Phi) is 6.82. The smallest absolute Gasteiger partial charge is 0.303 e. The van der Waals surface area contributed by atoms with E-state index < -0.39 is 5.97 Å². The summed E-state index contributed by atoms with van der Waals surface area (Å²) in [6.45, 7) is 0.866. The van der Waals surface area contributed by atoms with Crippen LogP contribution in [0.3, 0.4) is 0 Å². The molecule has 2 aromatic rings. The highest BCUT2D eigenvalue weighted by atomic mass is 16.6. The summed E-state index contributed by atoms with van der Waals surface area (Å²) < 4.78 is 7.28. The summed E-state index contributed by atoms with van der Waals surface area (Å²) in [6, 6.07) is 7.59. The lowest BCUT2D eigenvalue weighted by Gasteiger charge is -2.11. The fourth-order valence-electron chi connectivity index (χ4n) is 2.17. The maximum Gasteiger partial charge on any atom is 0.303 e. The van der Waals surface area contributed by atoms with Crippen LogP contribution in [0.2, 0.25) is 0 Å². The van der Waals surface area contributed by atoms with Crippen molar-refractivity contribution in [2.24, 2.45) is 5.16 Å². The Hall–Kier alpha value is -2.83. The quantitative estimate of drug-likeness (QED) is 0.411. The van der Waals surface area contributed by atoms with Crippen molar-refractivity contribution >= 4 is 11.7 Å². The number of oxime groups is 1. The summed E-state index contributed by atoms with van der Waals surface area (Å²) in [4.78, 5) is 19.9. The minimum absolute atomic E-state index is 0.140. The van der Waals surface area contributed by atoms with Gasteiger partial charge in [0.2, 0.25) is 0 Å². The van der Waals surface area contributed by atoms with E-state index in [1.807, 2.05) is 35.0 Å². The average molecular weight is 331 g/mol. The predicted octanol–water partition coefficient (Wildman–Crippen LogP) is 2.57. The number of ether oxygens (including phenoxy) is 1. The van der Waals surface area contributed by atoms with E-state index in [1.54, 1.807) is 19.6 Å². The number of hydrogen-bond acceptors (Lipinski definition) is 5. The maximum absolute atomic E-state index is 10.5. The fraction of sp³-hybridized carbons (Fsp3) is 0.353. The van der Waals surface area contributed by atoms with Crippen LogP contribution in [-0.2, 0) is 16.2 Å². The Bertz CT molecular complexity index is 668. The van der Waals surface area contributed by atoms with Crippen molar-refractivity contribution in [2.45, 2.75) is 25.8 Å². The van der Waals surface area contributed by atoms with Crippen LogP contribution < -0.4 is 4.74 Å². The zero-order valence-corrected chi connectivity index (χ0v) is 13.6. The van der Waals surface area contributed by atoms with Crippen LogP contribution in [-0.4, -0.2) is 40.1 Å². The van der Waals surface area contributed by atoms with Crippen LogP contribution in [0.25, 0.3) is 0 Å². The van der Waals surface area contributed by atoms with E-state index in [4.69, 9.17) is 14.7 Å². The number of carboxylic acid groups (broad SMARTS) is 1. The zero-order valence-electron chi connectivity index (χ0n) is 13.6. The number of unbranched alkanes of at least 4 members (excludes halogenated alkanes) is 1. The van der Waals surface area contributed by atoms with Crippen molar-refractivity contribution in [3.8, 4) is 5.75 Å². The number of nitrogens with zero attached hydrogens (tertiary/aromatic N) is 3. The topological polar surface area (TPSA) is 85.9 Å². The standard InChI is InChI=1S/C17H21N3O4/c1-23-16-7-3-2-6-14(16)15(12-20-10-9-18-13-20)19-24-11-5-4-8-17(21)22/h2-3,6-7,9-10,13H,4-5,8,11-12H2,1H3,(H,21,22)/b19-15-. The number of imidazole rings is 1. The molecule has 1 heterocycles. The van der Waals surface area contributed by atoms with Gasteiger partial charge in [0.25, 0.3) is 0 Å². The Morgan fingerprint density at radius 2 is 2.17 bits per heavy atom. The van der Waals surface area contributed by atoms with Gasteiger partial charge in [0, 0.05) is 24.4 Å². The highest BCUT2D eigenvalue weighted by Crippen LogP contribution is 2.19. The third-order valence-electron chi connectivity index (χ3n) is 3.36. The van der Waals surface area contributed by atoms with E-state index in [0.717, 1.165) is 5.56 Å². The molecule has 0 radical (unpaired) electrons. The van der Waals surface area contributed by atoms with Gasteiger partial charge in [-0.2, -0.15) is 0 Å². The number of hydrogen-bond donors (Lipinski definition) is 1. The minimum atomic E-state index is -0.798. The molecule has 0 amide bonds. The molecular formula is C17H21N3O4. The van der Waals surface area contributed by atoms with E-state index in [0.29, 0.717) is 37.5 Å². The number of carbonyl (C=O) groups is 1. The minimum Gasteiger partial charge on any atom is -0.496 e. The number of benzene rings is 1. The summed E-state index contributed by atoms with van der Waals surface area (Å²) in [7, 11) is 1.61. The summed E-state index contributed by atoms with van der Waals surface area (Å²) in [5.74, 6) is -0.0841. The summed E-state index contributed by atoms with van der Waals surface area (Å²) in [5, 5.41) is 12.9. The van der Waals surface area contributed by atoms with Gasteiger partial charge in [-0.15, -0.1) is 0 Å². The van der Waals surface area contributed by atoms with Crippen molar-refractivity contribution in [3.05, 3.63) is 48.5 Å². The number of aliphatic carboxylic acids is 1. The van der Waals surface area contributed by atoms with Crippen LogP contribution in [0.1, 0.15) is 24.8 Å². The first-order valence-corrected chi connectivity index (χ1v) is 7.70. The molecule has 24 heavy (non-hydrogen) atoms. The molecule has 7 nitrogen and oxygen atoms in total. The molecule has 0 fully saturated rings. The Labute approximate surface area is 140 Å². The van der Waals surface area contributed by atoms with Gasteiger partial charge in [-0.3, -0.25) is 4.79 Å². The average Bonchev–Trinajstić information content (AvgIpc) is 3.09. The van der Waals surface area contributed by atoms with E-state index >= 15 is 0 Å². The number of carboxylic acids is 1. The highest BCUT2D eigenvalue weighted by Gasteiger charge is 2.11. The Morgan fingerprint density at radius 3 is 2.88 bits per heavy atom. The molecule has 1 aromatic carbocycles. The van der Waals surface area contributed by atoms with Gasteiger partial charge in [-0.25, -0.2) is 4.98 Å². The van der Waals surface area contributed by atoms with Gasteiger partial charge in [0.15, 0.2) is 0 Å². The van der Waals surface area contributed by atoms with E-state index in [2.05, 4.69) is 10.1 Å². The molecule has 0 aliphatic heterocycles. The van der Waals surface area contributed by atoms with Gasteiger partial charge in [-0.05, 0) is 25.0 Å². The lowest BCUT2D eigenvalue weighted by Crippen LogP contribution is -2.12. The summed E-state index contributed by atoms with van der Waals surface area (Å²) in [5.41, 5.74) is 1.56. The molecule has 0 aliphatic rings. The van der Waals surface area contributed by atoms with Crippen molar-refractivity contribution in [1.82, 2.24) is 9.55 Å². The third kappa shape index (κ3) is 5.42. The molecule has 1 aromatic heterocycles. The fourth-order valence-corrected chi connectivity index (χ4v) is 2.17. The summed E-state index contributed by atoms with van der Waals surface area (Å²) in [6.07, 6.45) is 6.60. The molecule has 0 saturated carbocycles. The van der Waals surface area contributed by atoms with Gasteiger partial charge in [0.05, 0.1) is 20.0 Å². The Morgan fingerprint density at radius 1 is 1.33 bits per heavy atom. The molecule has 0 aliphatic carbocycles. The first kappa shape index (κ1) is 17.5. The molecule has 1 N–H and O–H groups in total. The first-order chi connectivity index (χ1) is 11.7. The molecule has 128 valence electrons. The third-order valence-corrected chi connectivity index (χ3v) is 3.36. The van der Waals surface area contributed by atoms with Gasteiger partial charge in [0.1, 0.15) is 18.1 Å². The molecule has 0 bridgehead atoms. The van der Waals surface area contributed by atoms with Crippen molar-refractivity contribution in [3.63, 3.8) is 0 Å². The van der Waals surface area contributed by atoms with E-state index in [-0.39, 0.29) is 6.42 Å². The van der Waals surface area contributed by atoms with Gasteiger partial charge < -0.3 is 19.2 Å². The molecule has 2 rings (SSSR count). The first-order valence-electron chi connectivity index (χ1n) is 7.70. The van der Waals surface area contributed by atoms with Crippen molar-refractivity contribution in [1.29, 1.82) is 0 Å².